The van der Waals surface area contributed by atoms with Crippen LogP contribution in [-0.4, -0.2) is 10.2 Å². The lowest BCUT2D eigenvalue weighted by Crippen LogP contribution is -1.96. The minimum Gasteiger partial charge on any atom is -0.282 e. The molecule has 3 heteroatoms. The van der Waals surface area contributed by atoms with Crippen LogP contribution in [-0.2, 0) is 5.88 Å². The third kappa shape index (κ3) is 1.60. The van der Waals surface area contributed by atoms with Gasteiger partial charge in [-0.25, -0.2) is 0 Å². The first-order valence-electron chi connectivity index (χ1n) is 4.92. The Kier molecular flexibility index (Phi) is 2.58. The fourth-order valence-electron chi connectivity index (χ4n) is 2.18. The highest BCUT2D eigenvalue weighted by Gasteiger charge is 2.22. The van der Waals surface area contributed by atoms with Gasteiger partial charge in [0.1, 0.15) is 0 Å². The van der Waals surface area contributed by atoms with E-state index in [0.29, 0.717) is 11.8 Å². The molecule has 72 valence electrons. The molecule has 13 heavy (non-hydrogen) atoms. The van der Waals surface area contributed by atoms with Crippen LogP contribution in [0.15, 0.2) is 0 Å². The molecule has 0 aliphatic heterocycles. The number of aromatic nitrogens is 2. The number of hydrogen-bond donors (Lipinski definition) is 1. The minimum atomic E-state index is 0.591. The van der Waals surface area contributed by atoms with Gasteiger partial charge in [0, 0.05) is 17.2 Å². The van der Waals surface area contributed by atoms with Crippen LogP contribution in [0.2, 0.25) is 0 Å². The zero-order chi connectivity index (χ0) is 9.26. The van der Waals surface area contributed by atoms with Gasteiger partial charge in [-0.1, -0.05) is 12.8 Å². The summed E-state index contributed by atoms with van der Waals surface area (Å²) in [4.78, 5) is 0. The van der Waals surface area contributed by atoms with Gasteiger partial charge in [0.15, 0.2) is 0 Å². The van der Waals surface area contributed by atoms with Crippen LogP contribution in [0.3, 0.4) is 0 Å². The second-order valence-electron chi connectivity index (χ2n) is 3.83. The molecule has 2 rings (SSSR count). The number of nitrogens with one attached hydrogen (secondary N) is 1. The maximum atomic E-state index is 5.90. The quantitative estimate of drug-likeness (QED) is 0.727. The molecule has 0 bridgehead atoms. The maximum absolute atomic E-state index is 5.90. The molecule has 1 aliphatic rings. The zero-order valence-corrected chi connectivity index (χ0v) is 8.69. The maximum Gasteiger partial charge on any atom is 0.0699 e. The summed E-state index contributed by atoms with van der Waals surface area (Å²) in [5, 5.41) is 7.39. The number of aromatic amines is 1. The molecule has 0 atom stereocenters. The molecule has 0 radical (unpaired) electrons. The van der Waals surface area contributed by atoms with E-state index < -0.39 is 0 Å². The molecule has 0 unspecified atom stereocenters. The molecule has 2 nitrogen and oxygen atoms in total. The topological polar surface area (TPSA) is 28.7 Å². The second kappa shape index (κ2) is 3.70. The monoisotopic (exact) mass is 198 g/mol. The zero-order valence-electron chi connectivity index (χ0n) is 7.94. The predicted octanol–water partition coefficient (Wildman–Crippen LogP) is 3.11. The lowest BCUT2D eigenvalue weighted by molar-refractivity contribution is 0.688. The summed E-state index contributed by atoms with van der Waals surface area (Å²) in [5.74, 6) is 1.26. The third-order valence-corrected chi connectivity index (χ3v) is 3.25. The van der Waals surface area contributed by atoms with Crippen molar-refractivity contribution in [1.82, 2.24) is 10.2 Å². The van der Waals surface area contributed by atoms with Gasteiger partial charge in [0.2, 0.25) is 0 Å². The van der Waals surface area contributed by atoms with E-state index in [1.54, 1.807) is 0 Å². The molecule has 0 amide bonds. The largest absolute Gasteiger partial charge is 0.282 e. The molecule has 1 heterocycles. The Morgan fingerprint density at radius 3 is 2.77 bits per heavy atom. The Labute approximate surface area is 83.7 Å². The normalized spacial score (nSPS) is 18.3. The second-order valence-corrected chi connectivity index (χ2v) is 4.09. The summed E-state index contributed by atoms with van der Waals surface area (Å²) < 4.78 is 0. The van der Waals surface area contributed by atoms with Gasteiger partial charge in [-0.2, -0.15) is 5.10 Å². The minimum absolute atomic E-state index is 0.591. The molecule has 1 aromatic rings. The van der Waals surface area contributed by atoms with E-state index in [1.165, 1.54) is 36.9 Å². The molecule has 1 saturated carbocycles. The highest BCUT2D eigenvalue weighted by atomic mass is 35.5. The van der Waals surface area contributed by atoms with Crippen molar-refractivity contribution in [1.29, 1.82) is 0 Å². The highest BCUT2D eigenvalue weighted by Crippen LogP contribution is 2.35. The molecule has 1 aromatic heterocycles. The fourth-order valence-corrected chi connectivity index (χ4v) is 2.51. The van der Waals surface area contributed by atoms with Crippen molar-refractivity contribution in [2.75, 3.05) is 0 Å². The number of nitrogens with zero attached hydrogens (tertiary/aromatic N) is 1. The number of hydrogen-bond acceptors (Lipinski definition) is 1. The van der Waals surface area contributed by atoms with Crippen molar-refractivity contribution in [3.05, 3.63) is 17.0 Å². The number of halogens is 1. The van der Waals surface area contributed by atoms with Crippen LogP contribution >= 0.6 is 11.6 Å². The summed E-state index contributed by atoms with van der Waals surface area (Å²) in [6.45, 7) is 2.04. The molecule has 1 aliphatic carbocycles. The number of rotatable bonds is 2. The van der Waals surface area contributed by atoms with Crippen molar-refractivity contribution < 1.29 is 0 Å². The Hall–Kier alpha value is -0.500. The first-order chi connectivity index (χ1) is 6.33. The molecule has 1 fully saturated rings. The molecule has 0 saturated heterocycles. The van der Waals surface area contributed by atoms with Gasteiger partial charge < -0.3 is 0 Å². The van der Waals surface area contributed by atoms with E-state index >= 15 is 0 Å². The Balaban J connectivity index is 2.27. The third-order valence-electron chi connectivity index (χ3n) is 2.98. The van der Waals surface area contributed by atoms with Gasteiger partial charge in [0.25, 0.3) is 0 Å². The Morgan fingerprint density at radius 2 is 2.15 bits per heavy atom. The van der Waals surface area contributed by atoms with Gasteiger partial charge in [0.05, 0.1) is 11.6 Å². The SMILES string of the molecule is Cc1[nH]nc(C2CCCC2)c1CCl. The standard InChI is InChI=1S/C10H15ClN2/c1-7-9(6-11)10(13-12-7)8-4-2-3-5-8/h8H,2-6H2,1H3,(H,12,13). The Morgan fingerprint density at radius 1 is 1.46 bits per heavy atom. The summed E-state index contributed by atoms with van der Waals surface area (Å²) in [6.07, 6.45) is 5.26. The molecular formula is C10H15ClN2. The van der Waals surface area contributed by atoms with Crippen molar-refractivity contribution in [3.63, 3.8) is 0 Å². The predicted molar refractivity (Wildman–Crippen MR) is 54.1 cm³/mol. The number of alkyl halides is 1. The van der Waals surface area contributed by atoms with Gasteiger partial charge in [-0.05, 0) is 19.8 Å². The van der Waals surface area contributed by atoms with Gasteiger partial charge in [-0.3, -0.25) is 5.10 Å². The van der Waals surface area contributed by atoms with Crippen molar-refractivity contribution in [3.8, 4) is 0 Å². The summed E-state index contributed by atoms with van der Waals surface area (Å²) >= 11 is 5.90. The first-order valence-corrected chi connectivity index (χ1v) is 5.46. The number of H-pyrrole nitrogens is 1. The summed E-state index contributed by atoms with van der Waals surface area (Å²) in [7, 11) is 0. The van der Waals surface area contributed by atoms with Crippen LogP contribution in [0.4, 0.5) is 0 Å². The van der Waals surface area contributed by atoms with E-state index in [1.807, 2.05) is 6.92 Å². The van der Waals surface area contributed by atoms with Crippen LogP contribution in [0.5, 0.6) is 0 Å². The lowest BCUT2D eigenvalue weighted by atomic mass is 10.00. The van der Waals surface area contributed by atoms with Crippen LogP contribution in [0.25, 0.3) is 0 Å². The van der Waals surface area contributed by atoms with Crippen LogP contribution in [0.1, 0.15) is 48.6 Å². The van der Waals surface area contributed by atoms with Crippen LogP contribution < -0.4 is 0 Å². The first kappa shape index (κ1) is 9.07. The van der Waals surface area contributed by atoms with E-state index in [0.717, 1.165) is 5.69 Å². The average Bonchev–Trinajstić information content (AvgIpc) is 2.71. The molecule has 0 spiro atoms. The molecular weight excluding hydrogens is 184 g/mol. The highest BCUT2D eigenvalue weighted by molar-refractivity contribution is 6.17. The molecule has 1 N–H and O–H groups in total. The Bertz CT molecular complexity index is 287. The molecule has 0 aromatic carbocycles. The fraction of sp³-hybridized carbons (Fsp3) is 0.700. The van der Waals surface area contributed by atoms with Gasteiger partial charge >= 0.3 is 0 Å². The van der Waals surface area contributed by atoms with Crippen molar-refractivity contribution >= 4 is 11.6 Å². The van der Waals surface area contributed by atoms with Crippen LogP contribution in [0, 0.1) is 6.92 Å². The lowest BCUT2D eigenvalue weighted by Gasteiger charge is -2.06. The smallest absolute Gasteiger partial charge is 0.0699 e. The summed E-state index contributed by atoms with van der Waals surface area (Å²) in [6, 6.07) is 0. The van der Waals surface area contributed by atoms with Crippen molar-refractivity contribution in [2.45, 2.75) is 44.4 Å². The van der Waals surface area contributed by atoms with Gasteiger partial charge in [-0.15, -0.1) is 11.6 Å². The van der Waals surface area contributed by atoms with E-state index in [2.05, 4.69) is 10.2 Å². The van der Waals surface area contributed by atoms with E-state index in [-0.39, 0.29) is 0 Å². The van der Waals surface area contributed by atoms with Crippen molar-refractivity contribution in [2.24, 2.45) is 0 Å². The summed E-state index contributed by atoms with van der Waals surface area (Å²) in [5.41, 5.74) is 3.59. The van der Waals surface area contributed by atoms with E-state index in [9.17, 15) is 0 Å². The van der Waals surface area contributed by atoms with E-state index in [4.69, 9.17) is 11.6 Å². The number of aryl methyl sites for hydroxylation is 1. The average molecular weight is 199 g/mol.